The lowest BCUT2D eigenvalue weighted by Gasteiger charge is -2.04. The van der Waals surface area contributed by atoms with E-state index in [-0.39, 0.29) is 5.82 Å². The Morgan fingerprint density at radius 3 is 2.78 bits per heavy atom. The van der Waals surface area contributed by atoms with Gasteiger partial charge in [0.25, 0.3) is 0 Å². The normalized spacial score (nSPS) is 10.3. The van der Waals surface area contributed by atoms with Crippen LogP contribution < -0.4 is 5.73 Å². The van der Waals surface area contributed by atoms with Gasteiger partial charge in [-0.1, -0.05) is 13.0 Å². The molecule has 2 N–H and O–H groups in total. The molecule has 0 aliphatic carbocycles. The van der Waals surface area contributed by atoms with Crippen LogP contribution in [-0.2, 0) is 6.42 Å². The first-order valence-electron chi connectivity index (χ1n) is 5.35. The van der Waals surface area contributed by atoms with Crippen molar-refractivity contribution in [2.24, 2.45) is 0 Å². The molecule has 0 unspecified atom stereocenters. The van der Waals surface area contributed by atoms with Crippen molar-refractivity contribution in [3.8, 4) is 16.5 Å². The predicted molar refractivity (Wildman–Crippen MR) is 75.9 cm³/mol. The molecule has 0 bridgehead atoms. The maximum Gasteiger partial charge on any atom is 0.137 e. The molecule has 0 atom stereocenters. The van der Waals surface area contributed by atoms with Gasteiger partial charge in [0.1, 0.15) is 16.8 Å². The van der Waals surface area contributed by atoms with Crippen LogP contribution in [0.5, 0.6) is 0 Å². The Morgan fingerprint density at radius 1 is 1.50 bits per heavy atom. The molecular weight excluding hydrogens is 315 g/mol. The van der Waals surface area contributed by atoms with Gasteiger partial charge in [-0.2, -0.15) is 5.26 Å². The van der Waals surface area contributed by atoms with Crippen LogP contribution in [0.2, 0.25) is 0 Å². The van der Waals surface area contributed by atoms with Crippen LogP contribution in [0.4, 0.5) is 10.1 Å². The zero-order chi connectivity index (χ0) is 13.3. The molecule has 0 spiro atoms. The third-order valence-corrected chi connectivity index (χ3v) is 4.49. The summed E-state index contributed by atoms with van der Waals surface area (Å²) in [5.41, 5.74) is 8.30. The molecule has 1 heterocycles. The van der Waals surface area contributed by atoms with E-state index in [0.717, 1.165) is 22.4 Å². The first kappa shape index (κ1) is 13.1. The summed E-state index contributed by atoms with van der Waals surface area (Å²) in [5.74, 6) is -0.304. The second-order valence-corrected chi connectivity index (χ2v) is 5.62. The molecule has 0 saturated carbocycles. The van der Waals surface area contributed by atoms with E-state index < -0.39 is 0 Å². The number of nitrogen functional groups attached to an aromatic ring is 1. The van der Waals surface area contributed by atoms with Crippen LogP contribution in [0.15, 0.2) is 22.7 Å². The number of rotatable bonds is 2. The molecule has 1 aromatic carbocycles. The Balaban J connectivity index is 2.63. The van der Waals surface area contributed by atoms with E-state index in [1.54, 1.807) is 12.1 Å². The van der Waals surface area contributed by atoms with Crippen LogP contribution in [0, 0.1) is 17.1 Å². The highest BCUT2D eigenvalue weighted by Gasteiger charge is 2.16. The van der Waals surface area contributed by atoms with Gasteiger partial charge in [-0.15, -0.1) is 11.3 Å². The van der Waals surface area contributed by atoms with Gasteiger partial charge in [0, 0.05) is 4.88 Å². The fourth-order valence-electron chi connectivity index (χ4n) is 1.78. The fraction of sp³-hybridized carbons (Fsp3) is 0.154. The van der Waals surface area contributed by atoms with E-state index in [1.165, 1.54) is 17.4 Å². The Kier molecular flexibility index (Phi) is 3.69. The first-order chi connectivity index (χ1) is 8.58. The van der Waals surface area contributed by atoms with Crippen LogP contribution in [0.1, 0.15) is 17.4 Å². The monoisotopic (exact) mass is 324 g/mol. The summed E-state index contributed by atoms with van der Waals surface area (Å²) in [6.45, 7) is 1.99. The second kappa shape index (κ2) is 5.09. The third-order valence-electron chi connectivity index (χ3n) is 2.68. The molecule has 0 saturated heterocycles. The summed E-state index contributed by atoms with van der Waals surface area (Å²) < 4.78 is 13.6. The predicted octanol–water partition coefficient (Wildman–Crippen LogP) is 4.33. The number of benzene rings is 1. The molecule has 0 radical (unpaired) electrons. The van der Waals surface area contributed by atoms with E-state index in [2.05, 4.69) is 22.0 Å². The summed E-state index contributed by atoms with van der Waals surface area (Å²) in [7, 11) is 0. The summed E-state index contributed by atoms with van der Waals surface area (Å²) >= 11 is 4.51. The quantitative estimate of drug-likeness (QED) is 0.893. The SMILES string of the molecule is CCc1c(-c2ccc(F)c(Br)c2)sc(C#N)c1N. The van der Waals surface area contributed by atoms with E-state index in [9.17, 15) is 4.39 Å². The molecule has 0 aliphatic heterocycles. The van der Waals surface area contributed by atoms with Gasteiger partial charge >= 0.3 is 0 Å². The average molecular weight is 325 g/mol. The number of hydrogen-bond donors (Lipinski definition) is 1. The van der Waals surface area contributed by atoms with Gasteiger partial charge in [-0.25, -0.2) is 4.39 Å². The standard InChI is InChI=1S/C13H10BrFN2S/c1-2-8-12(17)11(6-16)18-13(8)7-3-4-10(15)9(14)5-7/h3-5H,2,17H2,1H3. The molecule has 0 amide bonds. The Hall–Kier alpha value is -1.38. The van der Waals surface area contributed by atoms with E-state index in [4.69, 9.17) is 11.0 Å². The smallest absolute Gasteiger partial charge is 0.137 e. The fourth-order valence-corrected chi connectivity index (χ4v) is 3.27. The topological polar surface area (TPSA) is 49.8 Å². The summed E-state index contributed by atoms with van der Waals surface area (Å²) in [6.07, 6.45) is 0.744. The molecule has 1 aromatic heterocycles. The van der Waals surface area contributed by atoms with Crippen LogP contribution >= 0.6 is 27.3 Å². The Morgan fingerprint density at radius 2 is 2.22 bits per heavy atom. The zero-order valence-electron chi connectivity index (χ0n) is 9.63. The maximum absolute atomic E-state index is 13.2. The number of halogens is 2. The van der Waals surface area contributed by atoms with Crippen LogP contribution in [0.25, 0.3) is 10.4 Å². The molecule has 5 heteroatoms. The minimum absolute atomic E-state index is 0.304. The number of nitrogens with zero attached hydrogens (tertiary/aromatic N) is 1. The number of nitriles is 1. The first-order valence-corrected chi connectivity index (χ1v) is 6.96. The highest BCUT2D eigenvalue weighted by Crippen LogP contribution is 2.39. The second-order valence-electron chi connectivity index (χ2n) is 3.75. The van der Waals surface area contributed by atoms with Crippen molar-refractivity contribution in [2.75, 3.05) is 5.73 Å². The zero-order valence-corrected chi connectivity index (χ0v) is 12.0. The third kappa shape index (κ3) is 2.14. The number of thiophene rings is 1. The summed E-state index contributed by atoms with van der Waals surface area (Å²) in [5, 5.41) is 9.01. The average Bonchev–Trinajstić information content (AvgIpc) is 2.69. The largest absolute Gasteiger partial charge is 0.397 e. The van der Waals surface area contributed by atoms with Gasteiger partial charge in [0.05, 0.1) is 10.2 Å². The lowest BCUT2D eigenvalue weighted by atomic mass is 10.1. The van der Waals surface area contributed by atoms with Crippen molar-refractivity contribution in [3.63, 3.8) is 0 Å². The molecule has 92 valence electrons. The van der Waals surface area contributed by atoms with Crippen molar-refractivity contribution < 1.29 is 4.39 Å². The summed E-state index contributed by atoms with van der Waals surface area (Å²) in [6, 6.07) is 6.91. The molecule has 2 aromatic rings. The molecule has 2 rings (SSSR count). The minimum atomic E-state index is -0.304. The number of anilines is 1. The molecular formula is C13H10BrFN2S. The van der Waals surface area contributed by atoms with Crippen molar-refractivity contribution >= 4 is 33.0 Å². The van der Waals surface area contributed by atoms with Gasteiger partial charge in [0.15, 0.2) is 0 Å². The van der Waals surface area contributed by atoms with Crippen molar-refractivity contribution in [2.45, 2.75) is 13.3 Å². The molecule has 0 fully saturated rings. The van der Waals surface area contributed by atoms with E-state index in [0.29, 0.717) is 15.0 Å². The van der Waals surface area contributed by atoms with Crippen LogP contribution in [-0.4, -0.2) is 0 Å². The van der Waals surface area contributed by atoms with E-state index >= 15 is 0 Å². The van der Waals surface area contributed by atoms with Gasteiger partial charge in [-0.3, -0.25) is 0 Å². The number of nitrogens with two attached hydrogens (primary N) is 1. The van der Waals surface area contributed by atoms with Gasteiger partial charge < -0.3 is 5.73 Å². The van der Waals surface area contributed by atoms with Gasteiger partial charge in [0.2, 0.25) is 0 Å². The number of hydrogen-bond acceptors (Lipinski definition) is 3. The Labute approximate surface area is 117 Å². The molecule has 2 nitrogen and oxygen atoms in total. The van der Waals surface area contributed by atoms with Crippen molar-refractivity contribution in [3.05, 3.63) is 38.9 Å². The van der Waals surface area contributed by atoms with Crippen LogP contribution in [0.3, 0.4) is 0 Å². The highest BCUT2D eigenvalue weighted by molar-refractivity contribution is 9.10. The molecule has 0 aliphatic rings. The molecule has 18 heavy (non-hydrogen) atoms. The lowest BCUT2D eigenvalue weighted by molar-refractivity contribution is 0.621. The summed E-state index contributed by atoms with van der Waals surface area (Å²) in [4.78, 5) is 1.45. The minimum Gasteiger partial charge on any atom is -0.397 e. The van der Waals surface area contributed by atoms with Crippen molar-refractivity contribution in [1.29, 1.82) is 5.26 Å². The van der Waals surface area contributed by atoms with Crippen molar-refractivity contribution in [1.82, 2.24) is 0 Å². The highest BCUT2D eigenvalue weighted by atomic mass is 79.9. The maximum atomic E-state index is 13.2. The Bertz CT molecular complexity index is 643. The van der Waals surface area contributed by atoms with E-state index in [1.807, 2.05) is 6.92 Å². The lowest BCUT2D eigenvalue weighted by Crippen LogP contribution is -1.91. The van der Waals surface area contributed by atoms with Gasteiger partial charge in [-0.05, 0) is 45.6 Å².